The quantitative estimate of drug-likeness (QED) is 0.698. The molecule has 76 valence electrons. The van der Waals surface area contributed by atoms with Crippen molar-refractivity contribution in [3.63, 3.8) is 0 Å². The minimum Gasteiger partial charge on any atom is -0.356 e. The maximum Gasteiger partial charge on any atom is 0.223 e. The van der Waals surface area contributed by atoms with Gasteiger partial charge >= 0.3 is 0 Å². The van der Waals surface area contributed by atoms with Crippen LogP contribution in [0.2, 0.25) is 0 Å². The predicted octanol–water partition coefficient (Wildman–Crippen LogP) is 2.17. The molecule has 1 amide bonds. The summed E-state index contributed by atoms with van der Waals surface area (Å²) in [6, 6.07) is 0. The second-order valence-corrected chi connectivity index (χ2v) is 5.35. The van der Waals surface area contributed by atoms with Crippen LogP contribution in [0.5, 0.6) is 0 Å². The molecule has 1 N–H and O–H groups in total. The summed E-state index contributed by atoms with van der Waals surface area (Å²) in [4.78, 5) is 11.4. The van der Waals surface area contributed by atoms with Gasteiger partial charge < -0.3 is 5.32 Å². The van der Waals surface area contributed by atoms with Crippen LogP contribution in [-0.4, -0.2) is 17.8 Å². The highest BCUT2D eigenvalue weighted by Crippen LogP contribution is 2.51. The minimum absolute atomic E-state index is 0.146. The number of carbonyl (C=O) groups excluding carboxylic acids is 1. The van der Waals surface area contributed by atoms with Gasteiger partial charge in [0.2, 0.25) is 5.91 Å². The molecule has 1 aliphatic rings. The van der Waals surface area contributed by atoms with E-state index in [1.165, 1.54) is 0 Å². The molecule has 0 bridgehead atoms. The lowest BCUT2D eigenvalue weighted by Crippen LogP contribution is -2.28. The Labute approximate surface area is 85.0 Å². The number of halogens is 1. The average Bonchev–Trinajstić information content (AvgIpc) is 2.59. The van der Waals surface area contributed by atoms with E-state index in [1.54, 1.807) is 0 Å². The highest BCUT2D eigenvalue weighted by molar-refractivity contribution is 6.20. The van der Waals surface area contributed by atoms with Crippen molar-refractivity contribution < 1.29 is 4.79 Å². The fourth-order valence-corrected chi connectivity index (χ4v) is 1.54. The first-order valence-electron chi connectivity index (χ1n) is 4.85. The molecule has 0 saturated heterocycles. The molecule has 0 radical (unpaired) electrons. The second-order valence-electron chi connectivity index (χ2n) is 4.61. The molecule has 2 nitrogen and oxygen atoms in total. The Bertz CT molecular complexity index is 201. The Morgan fingerprint density at radius 2 is 2.23 bits per heavy atom. The SMILES string of the molecule is CC(Cl)CCNC(=O)C1CC1(C)C. The van der Waals surface area contributed by atoms with Crippen molar-refractivity contribution in [2.24, 2.45) is 11.3 Å². The van der Waals surface area contributed by atoms with E-state index < -0.39 is 0 Å². The van der Waals surface area contributed by atoms with Crippen LogP contribution in [0.1, 0.15) is 33.6 Å². The summed E-state index contributed by atoms with van der Waals surface area (Å²) < 4.78 is 0. The predicted molar refractivity (Wildman–Crippen MR) is 54.8 cm³/mol. The third-order valence-corrected chi connectivity index (χ3v) is 2.89. The molecule has 0 heterocycles. The summed E-state index contributed by atoms with van der Waals surface area (Å²) in [5, 5.41) is 3.05. The zero-order valence-electron chi connectivity index (χ0n) is 8.56. The van der Waals surface area contributed by atoms with E-state index in [-0.39, 0.29) is 22.6 Å². The summed E-state index contributed by atoms with van der Waals surface area (Å²) in [5.74, 6) is 0.431. The molecule has 0 spiro atoms. The molecule has 1 saturated carbocycles. The summed E-state index contributed by atoms with van der Waals surface area (Å²) >= 11 is 5.76. The van der Waals surface area contributed by atoms with Gasteiger partial charge in [-0.2, -0.15) is 0 Å². The first-order valence-corrected chi connectivity index (χ1v) is 5.29. The van der Waals surface area contributed by atoms with E-state index in [0.29, 0.717) is 6.54 Å². The fourth-order valence-electron chi connectivity index (χ4n) is 1.43. The zero-order valence-corrected chi connectivity index (χ0v) is 9.32. The smallest absolute Gasteiger partial charge is 0.223 e. The highest BCUT2D eigenvalue weighted by atomic mass is 35.5. The molecule has 0 aromatic heterocycles. The van der Waals surface area contributed by atoms with Gasteiger partial charge in [-0.05, 0) is 25.2 Å². The van der Waals surface area contributed by atoms with Crippen molar-refractivity contribution in [1.29, 1.82) is 0 Å². The lowest BCUT2D eigenvalue weighted by molar-refractivity contribution is -0.122. The third-order valence-electron chi connectivity index (χ3n) is 2.67. The van der Waals surface area contributed by atoms with E-state index in [2.05, 4.69) is 19.2 Å². The Hall–Kier alpha value is -0.240. The first-order chi connectivity index (χ1) is 5.93. The molecule has 0 aromatic carbocycles. The van der Waals surface area contributed by atoms with Gasteiger partial charge in [0.1, 0.15) is 0 Å². The van der Waals surface area contributed by atoms with Gasteiger partial charge in [-0.25, -0.2) is 0 Å². The number of amides is 1. The van der Waals surface area contributed by atoms with Crippen LogP contribution in [0.15, 0.2) is 0 Å². The van der Waals surface area contributed by atoms with E-state index >= 15 is 0 Å². The van der Waals surface area contributed by atoms with E-state index in [4.69, 9.17) is 11.6 Å². The Morgan fingerprint density at radius 3 is 2.62 bits per heavy atom. The van der Waals surface area contributed by atoms with Crippen LogP contribution in [-0.2, 0) is 4.79 Å². The van der Waals surface area contributed by atoms with Crippen molar-refractivity contribution in [3.05, 3.63) is 0 Å². The van der Waals surface area contributed by atoms with Gasteiger partial charge in [-0.1, -0.05) is 13.8 Å². The first kappa shape index (κ1) is 10.8. The largest absolute Gasteiger partial charge is 0.356 e. The molecule has 1 rings (SSSR count). The van der Waals surface area contributed by atoms with E-state index in [1.807, 2.05) is 6.92 Å². The summed E-state index contributed by atoms with van der Waals surface area (Å²) in [7, 11) is 0. The van der Waals surface area contributed by atoms with Gasteiger partial charge in [0.25, 0.3) is 0 Å². The van der Waals surface area contributed by atoms with Crippen LogP contribution in [0.3, 0.4) is 0 Å². The molecule has 3 heteroatoms. The zero-order chi connectivity index (χ0) is 10.1. The second kappa shape index (κ2) is 3.87. The molecule has 1 fully saturated rings. The number of nitrogens with one attached hydrogen (secondary N) is 1. The normalized spacial score (nSPS) is 26.6. The van der Waals surface area contributed by atoms with Gasteiger partial charge in [0.15, 0.2) is 0 Å². The Balaban J connectivity index is 2.13. The van der Waals surface area contributed by atoms with Gasteiger partial charge in [-0.3, -0.25) is 4.79 Å². The number of rotatable bonds is 4. The van der Waals surface area contributed by atoms with E-state index in [0.717, 1.165) is 12.8 Å². The van der Waals surface area contributed by atoms with Crippen LogP contribution >= 0.6 is 11.6 Å². The number of hydrogen-bond donors (Lipinski definition) is 1. The number of alkyl halides is 1. The molecular weight excluding hydrogens is 186 g/mol. The molecule has 2 atom stereocenters. The van der Waals surface area contributed by atoms with Crippen LogP contribution < -0.4 is 5.32 Å². The van der Waals surface area contributed by atoms with Crippen LogP contribution in [0.25, 0.3) is 0 Å². The lowest BCUT2D eigenvalue weighted by atomic mass is 10.1. The monoisotopic (exact) mass is 203 g/mol. The van der Waals surface area contributed by atoms with Crippen molar-refractivity contribution in [3.8, 4) is 0 Å². The topological polar surface area (TPSA) is 29.1 Å². The summed E-state index contributed by atoms with van der Waals surface area (Å²) in [5.41, 5.74) is 0.233. The molecular formula is C10H18ClNO. The fraction of sp³-hybridized carbons (Fsp3) is 0.900. The van der Waals surface area contributed by atoms with Crippen molar-refractivity contribution in [2.45, 2.75) is 39.0 Å². The van der Waals surface area contributed by atoms with Crippen molar-refractivity contribution in [1.82, 2.24) is 5.32 Å². The van der Waals surface area contributed by atoms with E-state index in [9.17, 15) is 4.79 Å². The molecule has 1 aliphatic carbocycles. The maximum atomic E-state index is 11.4. The van der Waals surface area contributed by atoms with Gasteiger partial charge in [0.05, 0.1) is 0 Å². The summed E-state index contributed by atoms with van der Waals surface area (Å²) in [6.07, 6.45) is 1.87. The standard InChI is InChI=1S/C10H18ClNO/c1-7(11)4-5-12-9(13)8-6-10(8,2)3/h7-8H,4-6H2,1-3H3,(H,12,13). The highest BCUT2D eigenvalue weighted by Gasteiger charge is 2.50. The van der Waals surface area contributed by atoms with Crippen molar-refractivity contribution >= 4 is 17.5 Å². The molecule has 0 aromatic rings. The van der Waals surface area contributed by atoms with Gasteiger partial charge in [-0.15, -0.1) is 11.6 Å². The maximum absolute atomic E-state index is 11.4. The van der Waals surface area contributed by atoms with Crippen molar-refractivity contribution in [2.75, 3.05) is 6.54 Å². The third kappa shape index (κ3) is 3.18. The Kier molecular flexibility index (Phi) is 3.23. The minimum atomic E-state index is 0.146. The Morgan fingerprint density at radius 1 is 1.69 bits per heavy atom. The number of carbonyl (C=O) groups is 1. The summed E-state index contributed by atoms with van der Waals surface area (Å²) in [6.45, 7) is 6.90. The van der Waals surface area contributed by atoms with Crippen LogP contribution in [0.4, 0.5) is 0 Å². The molecule has 2 unspecified atom stereocenters. The molecule has 0 aliphatic heterocycles. The average molecular weight is 204 g/mol. The molecule has 13 heavy (non-hydrogen) atoms. The lowest BCUT2D eigenvalue weighted by Gasteiger charge is -2.06. The van der Waals surface area contributed by atoms with Gasteiger partial charge in [0, 0.05) is 17.8 Å². The van der Waals surface area contributed by atoms with Crippen LogP contribution in [0, 0.1) is 11.3 Å². The number of hydrogen-bond acceptors (Lipinski definition) is 1.